The van der Waals surface area contributed by atoms with Gasteiger partial charge in [0.2, 0.25) is 0 Å². The maximum atomic E-state index is 5.99. The van der Waals surface area contributed by atoms with Crippen molar-refractivity contribution >= 4 is 11.6 Å². The van der Waals surface area contributed by atoms with Gasteiger partial charge in [0, 0.05) is 0 Å². The molecule has 10 heavy (non-hydrogen) atoms. The fraction of sp³-hybridized carbons (Fsp3) is 0.333. The van der Waals surface area contributed by atoms with Gasteiger partial charge in [0.15, 0.2) is 0 Å². The number of hydrogen-bond donors (Lipinski definition) is 0. The number of benzene rings is 1. The van der Waals surface area contributed by atoms with Crippen molar-refractivity contribution in [3.8, 4) is 0 Å². The van der Waals surface area contributed by atoms with Gasteiger partial charge < -0.3 is 0 Å². The molecule has 1 atom stereocenters. The summed E-state index contributed by atoms with van der Waals surface area (Å²) in [6, 6.07) is 10.1. The van der Waals surface area contributed by atoms with Crippen LogP contribution in [0.2, 0.25) is 0 Å². The molecule has 0 saturated carbocycles. The molecule has 0 heterocycles. The fourth-order valence-electron chi connectivity index (χ4n) is 0.898. The van der Waals surface area contributed by atoms with Crippen molar-refractivity contribution in [1.29, 1.82) is 0 Å². The Morgan fingerprint density at radius 1 is 1.30 bits per heavy atom. The minimum Gasteiger partial charge on any atom is -0.118 e. The van der Waals surface area contributed by atoms with E-state index in [1.807, 2.05) is 18.2 Å². The second-order valence-electron chi connectivity index (χ2n) is 2.29. The molecule has 1 aromatic rings. The third kappa shape index (κ3) is 1.74. The average Bonchev–Trinajstić information content (AvgIpc) is 2.05. The lowest BCUT2D eigenvalue weighted by Crippen LogP contribution is -1.85. The third-order valence-electron chi connectivity index (χ3n) is 1.52. The molecule has 1 aromatic carbocycles. The van der Waals surface area contributed by atoms with Gasteiger partial charge in [0.1, 0.15) is 0 Å². The molecule has 0 aromatic heterocycles. The largest absolute Gasteiger partial charge is 0.118 e. The lowest BCUT2D eigenvalue weighted by atomic mass is 10.1. The van der Waals surface area contributed by atoms with Crippen LogP contribution in [-0.2, 0) is 0 Å². The Hall–Kier alpha value is -0.490. The highest BCUT2D eigenvalue weighted by atomic mass is 35.5. The summed E-state index contributed by atoms with van der Waals surface area (Å²) in [5, 5.41) is 0.182. The Morgan fingerprint density at radius 2 is 1.90 bits per heavy atom. The van der Waals surface area contributed by atoms with Crippen LogP contribution in [0.3, 0.4) is 0 Å². The van der Waals surface area contributed by atoms with Crippen molar-refractivity contribution in [2.24, 2.45) is 0 Å². The summed E-state index contributed by atoms with van der Waals surface area (Å²) in [5.41, 5.74) is 1.21. The van der Waals surface area contributed by atoms with Crippen LogP contribution in [-0.4, -0.2) is 0 Å². The molecule has 0 nitrogen and oxygen atoms in total. The molecular formula is C9H11Cl. The van der Waals surface area contributed by atoms with Gasteiger partial charge in [-0.05, 0) is 12.0 Å². The van der Waals surface area contributed by atoms with E-state index in [-0.39, 0.29) is 5.38 Å². The molecule has 1 heteroatoms. The molecule has 0 aliphatic rings. The first-order chi connectivity index (χ1) is 4.84. The molecule has 0 unspecified atom stereocenters. The van der Waals surface area contributed by atoms with Crippen LogP contribution in [0.5, 0.6) is 0 Å². The highest BCUT2D eigenvalue weighted by Crippen LogP contribution is 2.22. The average molecular weight is 155 g/mol. The number of halogens is 1. The first-order valence-electron chi connectivity index (χ1n) is 3.53. The van der Waals surface area contributed by atoms with E-state index in [4.69, 9.17) is 11.6 Å². The van der Waals surface area contributed by atoms with Crippen molar-refractivity contribution < 1.29 is 0 Å². The first-order valence-corrected chi connectivity index (χ1v) is 3.97. The van der Waals surface area contributed by atoms with E-state index in [1.165, 1.54) is 5.56 Å². The van der Waals surface area contributed by atoms with Crippen LogP contribution in [0, 0.1) is 0 Å². The van der Waals surface area contributed by atoms with Crippen LogP contribution in [0.25, 0.3) is 0 Å². The summed E-state index contributed by atoms with van der Waals surface area (Å²) < 4.78 is 0. The van der Waals surface area contributed by atoms with Gasteiger partial charge in [0.25, 0.3) is 0 Å². The second-order valence-corrected chi connectivity index (χ2v) is 2.81. The van der Waals surface area contributed by atoms with E-state index in [0.717, 1.165) is 6.42 Å². The monoisotopic (exact) mass is 154 g/mol. The van der Waals surface area contributed by atoms with Crippen molar-refractivity contribution in [3.05, 3.63) is 35.9 Å². The first kappa shape index (κ1) is 7.62. The number of hydrogen-bond acceptors (Lipinski definition) is 0. The molecule has 0 fully saturated rings. The van der Waals surface area contributed by atoms with Crippen molar-refractivity contribution in [3.63, 3.8) is 0 Å². The number of alkyl halides is 1. The van der Waals surface area contributed by atoms with Crippen molar-refractivity contribution in [1.82, 2.24) is 0 Å². The maximum absolute atomic E-state index is 5.99. The topological polar surface area (TPSA) is 0 Å². The molecule has 0 bridgehead atoms. The predicted molar refractivity (Wildman–Crippen MR) is 45.3 cm³/mol. The quantitative estimate of drug-likeness (QED) is 0.573. The lowest BCUT2D eigenvalue weighted by Gasteiger charge is -2.04. The molecular weight excluding hydrogens is 144 g/mol. The van der Waals surface area contributed by atoms with Crippen LogP contribution in [0.4, 0.5) is 0 Å². The minimum absolute atomic E-state index is 0.182. The molecule has 0 aliphatic heterocycles. The standard InChI is InChI=1S/C9H11Cl/c1-2-9(10)8-6-4-3-5-7-8/h3-7,9H,2H2,1H3/t9-/m1/s1. The van der Waals surface area contributed by atoms with Gasteiger partial charge in [0.05, 0.1) is 5.38 Å². The highest BCUT2D eigenvalue weighted by Gasteiger charge is 2.01. The smallest absolute Gasteiger partial charge is 0.0582 e. The van der Waals surface area contributed by atoms with E-state index >= 15 is 0 Å². The lowest BCUT2D eigenvalue weighted by molar-refractivity contribution is 0.884. The summed E-state index contributed by atoms with van der Waals surface area (Å²) in [6.07, 6.45) is 0.992. The minimum atomic E-state index is 0.182. The zero-order chi connectivity index (χ0) is 7.40. The third-order valence-corrected chi connectivity index (χ3v) is 2.08. The summed E-state index contributed by atoms with van der Waals surface area (Å²) in [7, 11) is 0. The van der Waals surface area contributed by atoms with E-state index in [2.05, 4.69) is 19.1 Å². The molecule has 0 aliphatic carbocycles. The summed E-state index contributed by atoms with van der Waals surface area (Å²) in [5.74, 6) is 0. The Morgan fingerprint density at radius 3 is 2.40 bits per heavy atom. The second kappa shape index (κ2) is 3.62. The summed E-state index contributed by atoms with van der Waals surface area (Å²) in [6.45, 7) is 2.09. The van der Waals surface area contributed by atoms with Crippen LogP contribution >= 0.6 is 11.6 Å². The van der Waals surface area contributed by atoms with Gasteiger partial charge in [-0.2, -0.15) is 0 Å². The Labute approximate surface area is 66.8 Å². The SMILES string of the molecule is CC[C@@H](Cl)c1ccccc1. The fourth-order valence-corrected chi connectivity index (χ4v) is 1.04. The maximum Gasteiger partial charge on any atom is 0.0582 e. The van der Waals surface area contributed by atoms with Crippen molar-refractivity contribution in [2.75, 3.05) is 0 Å². The van der Waals surface area contributed by atoms with Crippen LogP contribution in [0.1, 0.15) is 24.3 Å². The molecule has 1 rings (SSSR count). The van der Waals surface area contributed by atoms with Gasteiger partial charge in [-0.1, -0.05) is 37.3 Å². The van der Waals surface area contributed by atoms with Gasteiger partial charge in [-0.15, -0.1) is 11.6 Å². The molecule has 54 valence electrons. The zero-order valence-corrected chi connectivity index (χ0v) is 6.81. The predicted octanol–water partition coefficient (Wildman–Crippen LogP) is 3.38. The van der Waals surface area contributed by atoms with E-state index in [9.17, 15) is 0 Å². The van der Waals surface area contributed by atoms with Gasteiger partial charge in [-0.3, -0.25) is 0 Å². The molecule has 0 spiro atoms. The summed E-state index contributed by atoms with van der Waals surface area (Å²) >= 11 is 5.99. The van der Waals surface area contributed by atoms with Crippen LogP contribution < -0.4 is 0 Å². The zero-order valence-electron chi connectivity index (χ0n) is 6.05. The number of rotatable bonds is 2. The van der Waals surface area contributed by atoms with Gasteiger partial charge >= 0.3 is 0 Å². The normalized spacial score (nSPS) is 13.0. The Kier molecular flexibility index (Phi) is 2.76. The highest BCUT2D eigenvalue weighted by molar-refractivity contribution is 6.20. The van der Waals surface area contributed by atoms with E-state index in [1.54, 1.807) is 0 Å². The van der Waals surface area contributed by atoms with Crippen LogP contribution in [0.15, 0.2) is 30.3 Å². The molecule has 0 radical (unpaired) electrons. The van der Waals surface area contributed by atoms with Gasteiger partial charge in [-0.25, -0.2) is 0 Å². The Bertz CT molecular complexity index is 181. The summed E-state index contributed by atoms with van der Waals surface area (Å²) in [4.78, 5) is 0. The molecule has 0 saturated heterocycles. The Balaban J connectivity index is 2.75. The molecule has 0 N–H and O–H groups in total. The van der Waals surface area contributed by atoms with E-state index in [0.29, 0.717) is 0 Å². The van der Waals surface area contributed by atoms with Crippen molar-refractivity contribution in [2.45, 2.75) is 18.7 Å². The molecule has 0 amide bonds. The van der Waals surface area contributed by atoms with E-state index < -0.39 is 0 Å².